The highest BCUT2D eigenvalue weighted by Crippen LogP contribution is 2.46. The SMILES string of the molecule is COc1cc([C@H]2S[C@H](C)C(=O)Nc3n[nH]c(C)c32)ccc1OCc1ccccc1F. The Morgan fingerprint density at radius 3 is 2.77 bits per heavy atom. The average molecular weight is 428 g/mol. The Hall–Kier alpha value is -3.00. The van der Waals surface area contributed by atoms with Gasteiger partial charge in [-0.25, -0.2) is 4.39 Å². The van der Waals surface area contributed by atoms with Crippen molar-refractivity contribution in [2.45, 2.75) is 31.0 Å². The number of nitrogens with zero attached hydrogens (tertiary/aromatic N) is 1. The second kappa shape index (κ2) is 8.39. The lowest BCUT2D eigenvalue weighted by Gasteiger charge is -2.19. The molecule has 1 aliphatic rings. The summed E-state index contributed by atoms with van der Waals surface area (Å²) in [7, 11) is 1.57. The molecule has 2 atom stereocenters. The lowest BCUT2D eigenvalue weighted by molar-refractivity contribution is -0.115. The maximum absolute atomic E-state index is 13.9. The first-order valence-corrected chi connectivity index (χ1v) is 10.5. The highest BCUT2D eigenvalue weighted by Gasteiger charge is 2.32. The van der Waals surface area contributed by atoms with E-state index in [2.05, 4.69) is 15.5 Å². The maximum Gasteiger partial charge on any atom is 0.238 e. The molecule has 0 saturated carbocycles. The maximum atomic E-state index is 13.9. The van der Waals surface area contributed by atoms with Crippen molar-refractivity contribution < 1.29 is 18.7 Å². The van der Waals surface area contributed by atoms with Crippen LogP contribution < -0.4 is 14.8 Å². The molecule has 0 radical (unpaired) electrons. The van der Waals surface area contributed by atoms with Crippen LogP contribution >= 0.6 is 11.8 Å². The van der Waals surface area contributed by atoms with Crippen LogP contribution in [0.25, 0.3) is 0 Å². The number of aromatic amines is 1. The summed E-state index contributed by atoms with van der Waals surface area (Å²) in [6.45, 7) is 3.91. The molecule has 2 heterocycles. The van der Waals surface area contributed by atoms with Gasteiger partial charge in [0, 0.05) is 16.8 Å². The van der Waals surface area contributed by atoms with Gasteiger partial charge in [-0.3, -0.25) is 9.89 Å². The number of benzene rings is 2. The molecule has 1 aromatic heterocycles. The van der Waals surface area contributed by atoms with Crippen molar-refractivity contribution in [1.82, 2.24) is 10.2 Å². The number of rotatable bonds is 5. The number of aryl methyl sites for hydroxylation is 1. The van der Waals surface area contributed by atoms with Crippen LogP contribution in [0.2, 0.25) is 0 Å². The summed E-state index contributed by atoms with van der Waals surface area (Å²) in [5.74, 6) is 1.24. The Labute approximate surface area is 178 Å². The summed E-state index contributed by atoms with van der Waals surface area (Å²) in [4.78, 5) is 12.3. The molecule has 0 aliphatic carbocycles. The molecule has 4 rings (SSSR count). The number of hydrogen-bond acceptors (Lipinski definition) is 5. The predicted molar refractivity (Wildman–Crippen MR) is 115 cm³/mol. The zero-order chi connectivity index (χ0) is 21.3. The van der Waals surface area contributed by atoms with Gasteiger partial charge in [0.25, 0.3) is 0 Å². The summed E-state index contributed by atoms with van der Waals surface area (Å²) in [5, 5.41) is 9.73. The van der Waals surface area contributed by atoms with Gasteiger partial charge in [0.15, 0.2) is 17.3 Å². The van der Waals surface area contributed by atoms with Crippen molar-refractivity contribution in [3.8, 4) is 11.5 Å². The van der Waals surface area contributed by atoms with E-state index < -0.39 is 0 Å². The number of methoxy groups -OCH3 is 1. The molecule has 6 nitrogen and oxygen atoms in total. The Bertz CT molecular complexity index is 1090. The molecule has 8 heteroatoms. The van der Waals surface area contributed by atoms with Gasteiger partial charge < -0.3 is 14.8 Å². The first-order chi connectivity index (χ1) is 14.5. The number of H-pyrrole nitrogens is 1. The third kappa shape index (κ3) is 3.87. The molecule has 3 aromatic rings. The number of aromatic nitrogens is 2. The standard InChI is InChI=1S/C22H22FN3O3S/c1-12-19-20(30-13(2)22(27)24-21(19)26-25-12)14-8-9-17(18(10-14)28-3)29-11-15-6-4-5-7-16(15)23/h4-10,13,20H,11H2,1-3H3,(H2,24,25,26,27)/t13-,20-/m1/s1. The summed E-state index contributed by atoms with van der Waals surface area (Å²) >= 11 is 1.55. The molecule has 2 N–H and O–H groups in total. The van der Waals surface area contributed by atoms with E-state index in [0.717, 1.165) is 16.8 Å². The van der Waals surface area contributed by atoms with Crippen LogP contribution in [0, 0.1) is 12.7 Å². The molecule has 1 amide bonds. The number of anilines is 1. The zero-order valence-electron chi connectivity index (χ0n) is 16.9. The molecule has 156 valence electrons. The van der Waals surface area contributed by atoms with Crippen LogP contribution in [0.3, 0.4) is 0 Å². The monoisotopic (exact) mass is 427 g/mol. The summed E-state index contributed by atoms with van der Waals surface area (Å²) in [5.41, 5.74) is 3.28. The van der Waals surface area contributed by atoms with Crippen molar-refractivity contribution in [1.29, 1.82) is 0 Å². The van der Waals surface area contributed by atoms with Gasteiger partial charge in [-0.2, -0.15) is 5.10 Å². The first kappa shape index (κ1) is 20.3. The fourth-order valence-electron chi connectivity index (χ4n) is 3.39. The molecule has 0 bridgehead atoms. The normalized spacial score (nSPS) is 18.3. The lowest BCUT2D eigenvalue weighted by atomic mass is 10.0. The Balaban J connectivity index is 1.64. The molecular weight excluding hydrogens is 405 g/mol. The van der Waals surface area contributed by atoms with Crippen LogP contribution in [0.1, 0.15) is 34.6 Å². The van der Waals surface area contributed by atoms with E-state index in [4.69, 9.17) is 9.47 Å². The van der Waals surface area contributed by atoms with Crippen LogP contribution in [0.15, 0.2) is 42.5 Å². The van der Waals surface area contributed by atoms with E-state index in [9.17, 15) is 9.18 Å². The number of thioether (sulfide) groups is 1. The average Bonchev–Trinajstić information content (AvgIpc) is 3.04. The summed E-state index contributed by atoms with van der Waals surface area (Å²) in [6.07, 6.45) is 0. The van der Waals surface area contributed by atoms with E-state index in [1.54, 1.807) is 37.1 Å². The predicted octanol–water partition coefficient (Wildman–Crippen LogP) is 4.61. The summed E-state index contributed by atoms with van der Waals surface area (Å²) in [6, 6.07) is 12.2. The number of halogens is 1. The second-order valence-corrected chi connectivity index (χ2v) is 8.50. The number of fused-ring (bicyclic) bond motifs is 1. The van der Waals surface area contributed by atoms with Crippen molar-refractivity contribution in [3.63, 3.8) is 0 Å². The van der Waals surface area contributed by atoms with Crippen LogP contribution in [-0.2, 0) is 11.4 Å². The second-order valence-electron chi connectivity index (χ2n) is 7.05. The van der Waals surface area contributed by atoms with Crippen molar-refractivity contribution >= 4 is 23.5 Å². The number of ether oxygens (including phenoxy) is 2. The Morgan fingerprint density at radius 1 is 1.20 bits per heavy atom. The molecule has 0 fully saturated rings. The quantitative estimate of drug-likeness (QED) is 0.622. The van der Waals surface area contributed by atoms with Gasteiger partial charge in [0.1, 0.15) is 12.4 Å². The highest BCUT2D eigenvalue weighted by atomic mass is 32.2. The Morgan fingerprint density at radius 2 is 2.00 bits per heavy atom. The molecule has 0 unspecified atom stereocenters. The van der Waals surface area contributed by atoms with Crippen molar-refractivity contribution in [2.24, 2.45) is 0 Å². The number of hydrogen-bond donors (Lipinski definition) is 2. The van der Waals surface area contributed by atoms with Gasteiger partial charge in [-0.1, -0.05) is 24.3 Å². The molecule has 2 aromatic carbocycles. The van der Waals surface area contributed by atoms with Gasteiger partial charge in [-0.05, 0) is 37.6 Å². The van der Waals surface area contributed by atoms with Gasteiger partial charge >= 0.3 is 0 Å². The molecular formula is C22H22FN3O3S. The topological polar surface area (TPSA) is 76.2 Å². The van der Waals surface area contributed by atoms with E-state index in [1.807, 2.05) is 32.0 Å². The minimum Gasteiger partial charge on any atom is -0.493 e. The van der Waals surface area contributed by atoms with E-state index in [1.165, 1.54) is 6.07 Å². The van der Waals surface area contributed by atoms with Gasteiger partial charge in [0.2, 0.25) is 5.91 Å². The fourth-order valence-corrected chi connectivity index (χ4v) is 4.71. The molecule has 0 spiro atoms. The largest absolute Gasteiger partial charge is 0.493 e. The van der Waals surface area contributed by atoms with Gasteiger partial charge in [0.05, 0.1) is 17.6 Å². The van der Waals surface area contributed by atoms with Crippen LogP contribution in [-0.4, -0.2) is 28.5 Å². The number of carbonyl (C=O) groups excluding carboxylic acids is 1. The van der Waals surface area contributed by atoms with E-state index in [-0.39, 0.29) is 28.8 Å². The highest BCUT2D eigenvalue weighted by molar-refractivity contribution is 8.01. The van der Waals surface area contributed by atoms with Crippen molar-refractivity contribution in [3.05, 3.63) is 70.7 Å². The minimum absolute atomic E-state index is 0.0768. The molecule has 30 heavy (non-hydrogen) atoms. The third-order valence-corrected chi connectivity index (χ3v) is 6.44. The molecule has 1 aliphatic heterocycles. The minimum atomic E-state index is -0.308. The van der Waals surface area contributed by atoms with Crippen molar-refractivity contribution in [2.75, 3.05) is 12.4 Å². The van der Waals surface area contributed by atoms with E-state index in [0.29, 0.717) is 22.9 Å². The number of carbonyl (C=O) groups is 1. The Kier molecular flexibility index (Phi) is 5.67. The van der Waals surface area contributed by atoms with Gasteiger partial charge in [-0.15, -0.1) is 11.8 Å². The zero-order valence-corrected chi connectivity index (χ0v) is 17.7. The number of nitrogens with one attached hydrogen (secondary N) is 2. The third-order valence-electron chi connectivity index (χ3n) is 5.04. The smallest absolute Gasteiger partial charge is 0.238 e. The molecule has 0 saturated heterocycles. The first-order valence-electron chi connectivity index (χ1n) is 9.53. The fraction of sp³-hybridized carbons (Fsp3) is 0.273. The van der Waals surface area contributed by atoms with E-state index >= 15 is 0 Å². The van der Waals surface area contributed by atoms with Crippen LogP contribution in [0.4, 0.5) is 10.2 Å². The van der Waals surface area contributed by atoms with Crippen LogP contribution in [0.5, 0.6) is 11.5 Å². The summed E-state index contributed by atoms with van der Waals surface area (Å²) < 4.78 is 25.2. The lowest BCUT2D eigenvalue weighted by Crippen LogP contribution is -2.21. The number of amides is 1.